The van der Waals surface area contributed by atoms with Gasteiger partial charge in [0.1, 0.15) is 5.58 Å². The lowest BCUT2D eigenvalue weighted by molar-refractivity contribution is -0.134. The Balaban J connectivity index is 1.51. The Bertz CT molecular complexity index is 1160. The summed E-state index contributed by atoms with van der Waals surface area (Å²) in [5.41, 5.74) is 2.15. The lowest BCUT2D eigenvalue weighted by Gasteiger charge is -2.24. The predicted molar refractivity (Wildman–Crippen MR) is 115 cm³/mol. The fraction of sp³-hybridized carbons (Fsp3) is 0.292. The third-order valence-corrected chi connectivity index (χ3v) is 5.86. The zero-order chi connectivity index (χ0) is 20.5. The molecule has 2 aliphatic heterocycles. The van der Waals surface area contributed by atoms with Gasteiger partial charge < -0.3 is 4.42 Å². The molecule has 1 saturated heterocycles. The van der Waals surface area contributed by atoms with E-state index in [0.717, 1.165) is 36.9 Å². The van der Waals surface area contributed by atoms with Crippen LogP contribution in [-0.2, 0) is 4.79 Å². The molecule has 1 amide bonds. The Labute approximate surface area is 174 Å². The molecule has 3 aromatic rings. The summed E-state index contributed by atoms with van der Waals surface area (Å²) in [6, 6.07) is 18.9. The van der Waals surface area contributed by atoms with Crippen LogP contribution in [0.2, 0.25) is 0 Å². The zero-order valence-electron chi connectivity index (χ0n) is 16.7. The van der Waals surface area contributed by atoms with Crippen molar-refractivity contribution >= 4 is 22.6 Å². The molecular formula is C24H23N3O3. The number of likely N-dealkylation sites (tertiary alicyclic amines) is 1. The molecular weight excluding hydrogens is 378 g/mol. The van der Waals surface area contributed by atoms with Gasteiger partial charge in [-0.15, -0.1) is 0 Å². The van der Waals surface area contributed by atoms with Crippen LogP contribution in [0.15, 0.2) is 75.0 Å². The summed E-state index contributed by atoms with van der Waals surface area (Å²) in [6.07, 6.45) is 2.74. The van der Waals surface area contributed by atoms with Gasteiger partial charge in [0.25, 0.3) is 5.91 Å². The molecule has 30 heavy (non-hydrogen) atoms. The molecule has 0 aliphatic carbocycles. The van der Waals surface area contributed by atoms with Gasteiger partial charge in [-0.1, -0.05) is 48.5 Å². The van der Waals surface area contributed by atoms with Gasteiger partial charge in [0.15, 0.2) is 0 Å². The average Bonchev–Trinajstić information content (AvgIpc) is 3.44. The number of benzene rings is 2. The van der Waals surface area contributed by atoms with E-state index < -0.39 is 5.63 Å². The lowest BCUT2D eigenvalue weighted by atomic mass is 9.98. The van der Waals surface area contributed by atoms with Gasteiger partial charge in [0, 0.05) is 11.8 Å². The third kappa shape index (κ3) is 3.55. The van der Waals surface area contributed by atoms with Gasteiger partial charge in [-0.25, -0.2) is 9.80 Å². The molecule has 5 rings (SSSR count). The number of carbonyl (C=O) groups excluding carboxylic acids is 1. The van der Waals surface area contributed by atoms with E-state index in [1.54, 1.807) is 11.1 Å². The van der Waals surface area contributed by atoms with Crippen LogP contribution in [-0.4, -0.2) is 41.2 Å². The summed E-state index contributed by atoms with van der Waals surface area (Å²) in [5, 5.41) is 7.05. The van der Waals surface area contributed by atoms with E-state index in [0.29, 0.717) is 29.8 Å². The summed E-state index contributed by atoms with van der Waals surface area (Å²) >= 11 is 0. The van der Waals surface area contributed by atoms with Crippen molar-refractivity contribution in [3.8, 4) is 0 Å². The Hall–Kier alpha value is -3.25. The van der Waals surface area contributed by atoms with E-state index >= 15 is 0 Å². The van der Waals surface area contributed by atoms with Crippen LogP contribution in [0, 0.1) is 0 Å². The Morgan fingerprint density at radius 2 is 1.77 bits per heavy atom. The van der Waals surface area contributed by atoms with Gasteiger partial charge in [0.2, 0.25) is 0 Å². The maximum atomic E-state index is 13.1. The molecule has 0 bridgehead atoms. The van der Waals surface area contributed by atoms with Gasteiger partial charge in [-0.05, 0) is 43.6 Å². The van der Waals surface area contributed by atoms with E-state index in [2.05, 4.69) is 10.0 Å². The molecule has 0 radical (unpaired) electrons. The van der Waals surface area contributed by atoms with Gasteiger partial charge in [-0.2, -0.15) is 5.10 Å². The van der Waals surface area contributed by atoms with Crippen LogP contribution >= 0.6 is 0 Å². The van der Waals surface area contributed by atoms with Crippen LogP contribution in [0.5, 0.6) is 0 Å². The van der Waals surface area contributed by atoms with Crippen molar-refractivity contribution in [3.63, 3.8) is 0 Å². The summed E-state index contributed by atoms with van der Waals surface area (Å²) in [5.74, 6) is -0.0362. The first kappa shape index (κ1) is 18.8. The minimum Gasteiger partial charge on any atom is -0.422 e. The number of fused-ring (bicyclic) bond motifs is 1. The highest BCUT2D eigenvalue weighted by Crippen LogP contribution is 2.33. The fourth-order valence-electron chi connectivity index (χ4n) is 4.31. The summed E-state index contributed by atoms with van der Waals surface area (Å²) < 4.78 is 5.50. The molecule has 2 aromatic carbocycles. The van der Waals surface area contributed by atoms with Gasteiger partial charge in [-0.3, -0.25) is 9.69 Å². The molecule has 0 saturated carbocycles. The summed E-state index contributed by atoms with van der Waals surface area (Å²) in [6.45, 7) is 2.24. The lowest BCUT2D eigenvalue weighted by Crippen LogP contribution is -2.36. The molecule has 3 heterocycles. The standard InChI is InChI=1S/C24H23N3O3/c28-23(16-26-12-6-7-13-26)27-21(17-8-2-1-3-9-17)15-20(25-27)19-14-18-10-4-5-11-22(18)30-24(19)29/h1-5,8-11,14,21H,6-7,12-13,15-16H2. The van der Waals surface area contributed by atoms with Crippen molar-refractivity contribution in [1.29, 1.82) is 0 Å². The predicted octanol–water partition coefficient (Wildman–Crippen LogP) is 3.57. The zero-order valence-corrected chi connectivity index (χ0v) is 16.7. The number of hydrogen-bond acceptors (Lipinski definition) is 5. The normalized spacial score (nSPS) is 19.4. The highest BCUT2D eigenvalue weighted by molar-refractivity contribution is 6.04. The average molecular weight is 401 g/mol. The molecule has 0 N–H and O–H groups in total. The molecule has 2 aliphatic rings. The highest BCUT2D eigenvalue weighted by Gasteiger charge is 2.35. The summed E-state index contributed by atoms with van der Waals surface area (Å²) in [7, 11) is 0. The van der Waals surface area contributed by atoms with E-state index in [1.807, 2.05) is 54.6 Å². The minimum atomic E-state index is -0.423. The monoisotopic (exact) mass is 401 g/mol. The minimum absolute atomic E-state index is 0.0362. The second-order valence-electron chi connectivity index (χ2n) is 7.88. The fourth-order valence-corrected chi connectivity index (χ4v) is 4.31. The Morgan fingerprint density at radius 1 is 1.03 bits per heavy atom. The van der Waals surface area contributed by atoms with Crippen molar-refractivity contribution in [3.05, 3.63) is 82.2 Å². The SMILES string of the molecule is O=C(CN1CCCC1)N1N=C(c2cc3ccccc3oc2=O)CC1c1ccccc1. The molecule has 0 spiro atoms. The number of amides is 1. The highest BCUT2D eigenvalue weighted by atomic mass is 16.4. The van der Waals surface area contributed by atoms with Crippen molar-refractivity contribution in [2.45, 2.75) is 25.3 Å². The molecule has 1 atom stereocenters. The number of carbonyl (C=O) groups is 1. The second kappa shape index (κ2) is 7.88. The largest absolute Gasteiger partial charge is 0.422 e. The van der Waals surface area contributed by atoms with Crippen LogP contribution in [0.1, 0.15) is 36.4 Å². The Morgan fingerprint density at radius 3 is 2.57 bits per heavy atom. The molecule has 6 heteroatoms. The number of para-hydroxylation sites is 1. The van der Waals surface area contributed by atoms with Crippen molar-refractivity contribution in [1.82, 2.24) is 9.91 Å². The first-order valence-corrected chi connectivity index (χ1v) is 10.4. The summed E-state index contributed by atoms with van der Waals surface area (Å²) in [4.78, 5) is 28.0. The molecule has 1 aromatic heterocycles. The smallest absolute Gasteiger partial charge is 0.345 e. The van der Waals surface area contributed by atoms with E-state index in [9.17, 15) is 9.59 Å². The topological polar surface area (TPSA) is 66.1 Å². The number of nitrogens with zero attached hydrogens (tertiary/aromatic N) is 3. The number of hydrazone groups is 1. The van der Waals surface area contributed by atoms with Crippen LogP contribution in [0.3, 0.4) is 0 Å². The molecule has 1 unspecified atom stereocenters. The van der Waals surface area contributed by atoms with Crippen LogP contribution in [0.4, 0.5) is 0 Å². The quantitative estimate of drug-likeness (QED) is 0.627. The number of hydrogen-bond donors (Lipinski definition) is 0. The molecule has 1 fully saturated rings. The van der Waals surface area contributed by atoms with Crippen molar-refractivity contribution in [2.75, 3.05) is 19.6 Å². The first-order chi connectivity index (χ1) is 14.7. The van der Waals surface area contributed by atoms with E-state index in [1.165, 1.54) is 0 Å². The van der Waals surface area contributed by atoms with E-state index in [4.69, 9.17) is 4.42 Å². The second-order valence-corrected chi connectivity index (χ2v) is 7.88. The molecule has 152 valence electrons. The Kier molecular flexibility index (Phi) is 4.93. The first-order valence-electron chi connectivity index (χ1n) is 10.4. The third-order valence-electron chi connectivity index (χ3n) is 5.86. The van der Waals surface area contributed by atoms with Gasteiger partial charge >= 0.3 is 5.63 Å². The number of rotatable bonds is 4. The molecule has 6 nitrogen and oxygen atoms in total. The van der Waals surface area contributed by atoms with Gasteiger partial charge in [0.05, 0.1) is 23.9 Å². The maximum Gasteiger partial charge on any atom is 0.345 e. The van der Waals surface area contributed by atoms with E-state index in [-0.39, 0.29) is 11.9 Å². The van der Waals surface area contributed by atoms with Crippen molar-refractivity contribution < 1.29 is 9.21 Å². The van der Waals surface area contributed by atoms with Crippen molar-refractivity contribution in [2.24, 2.45) is 5.10 Å². The van der Waals surface area contributed by atoms with Crippen LogP contribution in [0.25, 0.3) is 11.0 Å². The maximum absolute atomic E-state index is 13.1. The van der Waals surface area contributed by atoms with Crippen LogP contribution < -0.4 is 5.63 Å².